The van der Waals surface area contributed by atoms with Crippen LogP contribution >= 0.6 is 0 Å². The highest BCUT2D eigenvalue weighted by molar-refractivity contribution is 5.89. The zero-order valence-corrected chi connectivity index (χ0v) is 5.26. The summed E-state index contributed by atoms with van der Waals surface area (Å²) in [7, 11) is 0. The van der Waals surface area contributed by atoms with Crippen molar-refractivity contribution in [3.8, 4) is 0 Å². The van der Waals surface area contributed by atoms with Gasteiger partial charge in [0, 0.05) is 12.2 Å². The fourth-order valence-corrected chi connectivity index (χ4v) is 0.143. The smallest absolute Gasteiger partial charge is 0.328 e. The highest BCUT2D eigenvalue weighted by atomic mass is 16.4. The summed E-state index contributed by atoms with van der Waals surface area (Å²) in [4.78, 5) is 20.9. The quantitative estimate of drug-likeness (QED) is 0.235. The van der Waals surface area contributed by atoms with E-state index in [-0.39, 0.29) is 0 Å². The SMILES string of the molecule is O=C(O)C=CC(=O)O.[N-]=[N+]=N. The Labute approximate surface area is 61.0 Å². The standard InChI is InChI=1S/C4H4O4.HN3/c5-3(6)1-2-4(7)8;1-3-2/h1-2H,(H,5,6)(H,7,8);1H. The molecule has 0 aromatic carbocycles. The van der Waals surface area contributed by atoms with E-state index in [1.807, 2.05) is 0 Å². The van der Waals surface area contributed by atoms with Crippen LogP contribution < -0.4 is 0 Å². The van der Waals surface area contributed by atoms with Crippen LogP contribution in [-0.2, 0) is 9.59 Å². The van der Waals surface area contributed by atoms with E-state index in [0.717, 1.165) is 0 Å². The van der Waals surface area contributed by atoms with E-state index in [0.29, 0.717) is 12.2 Å². The van der Waals surface area contributed by atoms with Gasteiger partial charge in [0.1, 0.15) is 0 Å². The Morgan fingerprint density at radius 3 is 1.55 bits per heavy atom. The Hall–Kier alpha value is -2.01. The van der Waals surface area contributed by atoms with Crippen LogP contribution in [0.2, 0.25) is 0 Å². The monoisotopic (exact) mass is 159 g/mol. The molecular weight excluding hydrogens is 154 g/mol. The number of carboxylic acid groups (broad SMARTS) is 2. The molecule has 0 aliphatic heterocycles. The van der Waals surface area contributed by atoms with Crippen LogP contribution in [0.15, 0.2) is 12.2 Å². The lowest BCUT2D eigenvalue weighted by molar-refractivity contribution is -0.134. The largest absolute Gasteiger partial charge is 0.478 e. The van der Waals surface area contributed by atoms with Crippen LogP contribution in [0.3, 0.4) is 0 Å². The fraction of sp³-hybridized carbons (Fsp3) is 0. The molecule has 0 spiro atoms. The van der Waals surface area contributed by atoms with E-state index in [2.05, 4.69) is 0 Å². The Bertz CT molecular complexity index is 187. The lowest BCUT2D eigenvalue weighted by atomic mass is 10.5. The van der Waals surface area contributed by atoms with E-state index in [9.17, 15) is 9.59 Å². The average molecular weight is 159 g/mol. The van der Waals surface area contributed by atoms with Gasteiger partial charge in [-0.2, -0.15) is 0 Å². The molecule has 7 heteroatoms. The number of aliphatic carboxylic acids is 2. The van der Waals surface area contributed by atoms with Gasteiger partial charge in [-0.15, -0.1) is 5.53 Å². The molecule has 0 aliphatic rings. The molecule has 0 fully saturated rings. The number of carbonyl (C=O) groups is 2. The van der Waals surface area contributed by atoms with Crippen molar-refractivity contribution in [2.24, 2.45) is 0 Å². The van der Waals surface area contributed by atoms with Crippen molar-refractivity contribution >= 4 is 11.9 Å². The molecule has 0 unspecified atom stereocenters. The van der Waals surface area contributed by atoms with Crippen LogP contribution in [0.5, 0.6) is 0 Å². The number of nitrogens with one attached hydrogen (secondary N) is 1. The van der Waals surface area contributed by atoms with Gasteiger partial charge in [0.2, 0.25) is 0 Å². The van der Waals surface area contributed by atoms with Crippen molar-refractivity contribution in [2.75, 3.05) is 0 Å². The summed E-state index contributed by atoms with van der Waals surface area (Å²) < 4.78 is 0. The molecular formula is C4H5N3O4. The molecule has 0 aromatic heterocycles. The maximum atomic E-state index is 9.55. The molecule has 0 aromatic rings. The molecule has 0 rings (SSSR count). The van der Waals surface area contributed by atoms with Crippen molar-refractivity contribution in [3.63, 3.8) is 0 Å². The van der Waals surface area contributed by atoms with Gasteiger partial charge in [0.15, 0.2) is 0 Å². The first-order chi connectivity index (χ1) is 5.04. The van der Waals surface area contributed by atoms with Crippen LogP contribution in [0.25, 0.3) is 10.4 Å². The molecule has 0 aliphatic carbocycles. The number of hydrogen-bond acceptors (Lipinski definition) is 3. The molecule has 0 heterocycles. The number of nitrogens with zero attached hydrogens (tertiary/aromatic N) is 2. The first-order valence-electron chi connectivity index (χ1n) is 2.19. The van der Waals surface area contributed by atoms with E-state index in [1.54, 1.807) is 4.91 Å². The van der Waals surface area contributed by atoms with Gasteiger partial charge in [-0.1, -0.05) is 0 Å². The summed E-state index contributed by atoms with van der Waals surface area (Å²) >= 11 is 0. The summed E-state index contributed by atoms with van der Waals surface area (Å²) in [5.74, 6) is -2.51. The second-order valence-electron chi connectivity index (χ2n) is 1.11. The lowest BCUT2D eigenvalue weighted by Crippen LogP contribution is -1.91. The van der Waals surface area contributed by atoms with Crippen molar-refractivity contribution in [1.82, 2.24) is 0 Å². The minimum atomic E-state index is -1.26. The summed E-state index contributed by atoms with van der Waals surface area (Å²) in [6, 6.07) is 0. The minimum absolute atomic E-state index is 0.558. The molecule has 11 heavy (non-hydrogen) atoms. The Balaban J connectivity index is 0. The molecule has 0 saturated carbocycles. The molecule has 3 N–H and O–H groups in total. The van der Waals surface area contributed by atoms with Crippen molar-refractivity contribution < 1.29 is 19.8 Å². The topological polar surface area (TPSA) is 135 Å². The molecule has 0 saturated heterocycles. The van der Waals surface area contributed by atoms with Gasteiger partial charge in [0.05, 0.1) is 0 Å². The average Bonchev–Trinajstić information content (AvgIpc) is 1.85. The summed E-state index contributed by atoms with van der Waals surface area (Å²) in [5.41, 5.74) is 12.2. The normalized spacial score (nSPS) is 7.64. The molecule has 7 nitrogen and oxygen atoms in total. The first-order valence-corrected chi connectivity index (χ1v) is 2.19. The summed E-state index contributed by atoms with van der Waals surface area (Å²) in [6.45, 7) is 0. The molecule has 60 valence electrons. The molecule has 0 radical (unpaired) electrons. The van der Waals surface area contributed by atoms with Crippen molar-refractivity contribution in [3.05, 3.63) is 22.6 Å². The van der Waals surface area contributed by atoms with Gasteiger partial charge >= 0.3 is 11.9 Å². The molecule has 0 bridgehead atoms. The van der Waals surface area contributed by atoms with Gasteiger partial charge in [-0.25, -0.2) is 9.59 Å². The lowest BCUT2D eigenvalue weighted by Gasteiger charge is -1.74. The van der Waals surface area contributed by atoms with Crippen molar-refractivity contribution in [1.29, 1.82) is 5.53 Å². The number of rotatable bonds is 2. The Morgan fingerprint density at radius 2 is 1.45 bits per heavy atom. The van der Waals surface area contributed by atoms with Crippen molar-refractivity contribution in [2.45, 2.75) is 0 Å². The molecule has 0 amide bonds. The highest BCUT2D eigenvalue weighted by Crippen LogP contribution is 1.70. The predicted molar refractivity (Wildman–Crippen MR) is 33.8 cm³/mol. The van der Waals surface area contributed by atoms with Gasteiger partial charge in [-0.3, -0.25) is 0 Å². The first kappa shape index (κ1) is 11.7. The van der Waals surface area contributed by atoms with E-state index in [1.165, 1.54) is 0 Å². The number of hydrogen-bond donors (Lipinski definition) is 3. The van der Waals surface area contributed by atoms with E-state index in [4.69, 9.17) is 21.3 Å². The third-order valence-corrected chi connectivity index (χ3v) is 0.368. The third-order valence-electron chi connectivity index (χ3n) is 0.368. The van der Waals surface area contributed by atoms with Crippen LogP contribution in [0.1, 0.15) is 0 Å². The molecule has 0 atom stereocenters. The van der Waals surface area contributed by atoms with Crippen LogP contribution in [0, 0.1) is 5.53 Å². The number of carboxylic acids is 2. The zero-order chi connectivity index (χ0) is 9.28. The third kappa shape index (κ3) is 32.1. The fourth-order valence-electron chi connectivity index (χ4n) is 0.143. The second-order valence-corrected chi connectivity index (χ2v) is 1.11. The summed E-state index contributed by atoms with van der Waals surface area (Å²) in [5, 5.41) is 15.6. The maximum absolute atomic E-state index is 9.55. The van der Waals surface area contributed by atoms with Gasteiger partial charge in [-0.05, 0) is 10.4 Å². The second kappa shape index (κ2) is 7.99. The van der Waals surface area contributed by atoms with Crippen LogP contribution in [-0.4, -0.2) is 22.2 Å². The Kier molecular flexibility index (Phi) is 8.53. The van der Waals surface area contributed by atoms with E-state index < -0.39 is 11.9 Å². The minimum Gasteiger partial charge on any atom is -0.478 e. The van der Waals surface area contributed by atoms with E-state index >= 15 is 0 Å². The van der Waals surface area contributed by atoms with Gasteiger partial charge < -0.3 is 10.2 Å². The van der Waals surface area contributed by atoms with Crippen LogP contribution in [0.4, 0.5) is 0 Å². The highest BCUT2D eigenvalue weighted by Gasteiger charge is 1.88. The zero-order valence-electron chi connectivity index (χ0n) is 5.26. The summed E-state index contributed by atoms with van der Waals surface area (Å²) in [6.07, 6.45) is 1.12. The van der Waals surface area contributed by atoms with Gasteiger partial charge in [0.25, 0.3) is 0 Å². The Morgan fingerprint density at radius 1 is 1.27 bits per heavy atom. The maximum Gasteiger partial charge on any atom is 0.328 e. The predicted octanol–water partition coefficient (Wildman–Crippen LogP) is 0.587.